The number of nitrogens with one attached hydrogen (secondary N) is 1. The van der Waals surface area contributed by atoms with Gasteiger partial charge in [-0.1, -0.05) is 74.5 Å². The van der Waals surface area contributed by atoms with Gasteiger partial charge in [-0.3, -0.25) is 9.59 Å². The molecule has 1 aliphatic carbocycles. The van der Waals surface area contributed by atoms with Crippen molar-refractivity contribution in [2.75, 3.05) is 18.4 Å². The molecule has 1 saturated carbocycles. The standard InChI is InChI=1S/C31H31FN4O2/c1-21(2)19-35(31(38)27-17-26(27)22-9-5-3-6-10-22)20-30(37)33-29-18-28(23-11-7-4-8-12-23)34-36(29)25-15-13-24(32)14-16-25/h3-16,18,21,26-27H,17,19-20H2,1-2H3,(H,33,37)/t26-,27-/m0/s1. The van der Waals surface area contributed by atoms with E-state index in [2.05, 4.69) is 22.5 Å². The Labute approximate surface area is 222 Å². The van der Waals surface area contributed by atoms with Gasteiger partial charge in [0.1, 0.15) is 11.6 Å². The van der Waals surface area contributed by atoms with Gasteiger partial charge in [-0.2, -0.15) is 5.10 Å². The molecular weight excluding hydrogens is 479 g/mol. The summed E-state index contributed by atoms with van der Waals surface area (Å²) in [5, 5.41) is 7.63. The number of nitrogens with zero attached hydrogens (tertiary/aromatic N) is 3. The predicted molar refractivity (Wildman–Crippen MR) is 146 cm³/mol. The highest BCUT2D eigenvalue weighted by atomic mass is 19.1. The second kappa shape index (κ2) is 11.0. The minimum Gasteiger partial charge on any atom is -0.333 e. The average Bonchev–Trinajstić information content (AvgIpc) is 3.62. The van der Waals surface area contributed by atoms with E-state index in [0.29, 0.717) is 23.7 Å². The molecule has 0 bridgehead atoms. The molecule has 2 atom stereocenters. The quantitative estimate of drug-likeness (QED) is 0.305. The number of carbonyl (C=O) groups is 2. The number of benzene rings is 3. The third-order valence-electron chi connectivity index (χ3n) is 6.68. The van der Waals surface area contributed by atoms with E-state index in [-0.39, 0.29) is 41.9 Å². The lowest BCUT2D eigenvalue weighted by Crippen LogP contribution is -2.41. The number of rotatable bonds is 9. The normalized spacial score (nSPS) is 16.3. The van der Waals surface area contributed by atoms with E-state index in [4.69, 9.17) is 0 Å². The molecule has 2 amide bonds. The molecule has 6 nitrogen and oxygen atoms in total. The van der Waals surface area contributed by atoms with Crippen molar-refractivity contribution in [3.05, 3.63) is 102 Å². The molecule has 0 spiro atoms. The van der Waals surface area contributed by atoms with E-state index in [1.165, 1.54) is 12.1 Å². The first-order valence-corrected chi connectivity index (χ1v) is 12.9. The molecular formula is C31H31FN4O2. The van der Waals surface area contributed by atoms with Gasteiger partial charge in [-0.05, 0) is 48.1 Å². The summed E-state index contributed by atoms with van der Waals surface area (Å²) in [6.07, 6.45) is 0.802. The summed E-state index contributed by atoms with van der Waals surface area (Å²) in [6.45, 7) is 4.52. The molecule has 0 saturated heterocycles. The zero-order valence-corrected chi connectivity index (χ0v) is 21.5. The minimum atomic E-state index is -0.355. The zero-order valence-electron chi connectivity index (χ0n) is 21.5. The summed E-state index contributed by atoms with van der Waals surface area (Å²) in [5.74, 6) is 0.124. The molecule has 4 aromatic rings. The van der Waals surface area contributed by atoms with E-state index in [9.17, 15) is 14.0 Å². The van der Waals surface area contributed by atoms with Crippen molar-refractivity contribution < 1.29 is 14.0 Å². The Bertz CT molecular complexity index is 1400. The fraction of sp³-hybridized carbons (Fsp3) is 0.258. The van der Waals surface area contributed by atoms with Crippen LogP contribution in [0.3, 0.4) is 0 Å². The highest BCUT2D eigenvalue weighted by Crippen LogP contribution is 2.48. The van der Waals surface area contributed by atoms with Crippen LogP contribution in [0.25, 0.3) is 16.9 Å². The average molecular weight is 511 g/mol. The molecule has 1 heterocycles. The molecule has 5 rings (SSSR count). The number of hydrogen-bond donors (Lipinski definition) is 1. The van der Waals surface area contributed by atoms with Gasteiger partial charge in [0.2, 0.25) is 11.8 Å². The van der Waals surface area contributed by atoms with Crippen LogP contribution >= 0.6 is 0 Å². The van der Waals surface area contributed by atoms with Gasteiger partial charge in [0.15, 0.2) is 0 Å². The topological polar surface area (TPSA) is 67.2 Å². The Morgan fingerprint density at radius 3 is 2.32 bits per heavy atom. The van der Waals surface area contributed by atoms with Crippen LogP contribution in [-0.4, -0.2) is 39.6 Å². The Hall–Kier alpha value is -4.26. The number of carbonyl (C=O) groups excluding carboxylic acids is 2. The summed E-state index contributed by atoms with van der Waals surface area (Å²) in [5.41, 5.74) is 3.34. The number of anilines is 1. The Kier molecular flexibility index (Phi) is 7.36. The van der Waals surface area contributed by atoms with E-state index in [1.54, 1.807) is 27.8 Å². The third-order valence-corrected chi connectivity index (χ3v) is 6.68. The summed E-state index contributed by atoms with van der Waals surface area (Å²) >= 11 is 0. The SMILES string of the molecule is CC(C)CN(CC(=O)Nc1cc(-c2ccccc2)nn1-c1ccc(F)cc1)C(=O)[C@H]1C[C@H]1c1ccccc1. The maximum absolute atomic E-state index is 13.6. The van der Waals surface area contributed by atoms with Crippen LogP contribution in [0.2, 0.25) is 0 Å². The summed E-state index contributed by atoms with van der Waals surface area (Å²) in [4.78, 5) is 28.4. The largest absolute Gasteiger partial charge is 0.333 e. The molecule has 0 unspecified atom stereocenters. The summed E-state index contributed by atoms with van der Waals surface area (Å²) < 4.78 is 15.2. The van der Waals surface area contributed by atoms with E-state index in [1.807, 2.05) is 62.4 Å². The predicted octanol–water partition coefficient (Wildman–Crippen LogP) is 5.91. The molecule has 0 aliphatic heterocycles. The van der Waals surface area contributed by atoms with Gasteiger partial charge in [-0.15, -0.1) is 0 Å². The fourth-order valence-electron chi connectivity index (χ4n) is 4.80. The summed E-state index contributed by atoms with van der Waals surface area (Å²) in [6, 6.07) is 27.4. The van der Waals surface area contributed by atoms with Crippen molar-refractivity contribution in [3.63, 3.8) is 0 Å². The van der Waals surface area contributed by atoms with Crippen molar-refractivity contribution >= 4 is 17.6 Å². The van der Waals surface area contributed by atoms with Crippen LogP contribution in [-0.2, 0) is 9.59 Å². The number of halogens is 1. The van der Waals surface area contributed by atoms with Crippen molar-refractivity contribution in [1.29, 1.82) is 0 Å². The van der Waals surface area contributed by atoms with Gasteiger partial charge in [0.25, 0.3) is 0 Å². The lowest BCUT2D eigenvalue weighted by molar-refractivity contribution is -0.136. The van der Waals surface area contributed by atoms with Crippen LogP contribution < -0.4 is 5.32 Å². The van der Waals surface area contributed by atoms with Gasteiger partial charge in [0.05, 0.1) is 17.9 Å². The monoisotopic (exact) mass is 510 g/mol. The smallest absolute Gasteiger partial charge is 0.245 e. The van der Waals surface area contributed by atoms with Crippen molar-refractivity contribution in [2.24, 2.45) is 11.8 Å². The minimum absolute atomic E-state index is 0.0136. The van der Waals surface area contributed by atoms with Gasteiger partial charge < -0.3 is 10.2 Å². The molecule has 1 aliphatic rings. The van der Waals surface area contributed by atoms with Crippen LogP contribution in [0.15, 0.2) is 91.0 Å². The van der Waals surface area contributed by atoms with Gasteiger partial charge >= 0.3 is 0 Å². The second-order valence-corrected chi connectivity index (χ2v) is 10.2. The molecule has 194 valence electrons. The van der Waals surface area contributed by atoms with E-state index >= 15 is 0 Å². The van der Waals surface area contributed by atoms with E-state index in [0.717, 1.165) is 17.5 Å². The van der Waals surface area contributed by atoms with Crippen LogP contribution in [0, 0.1) is 17.7 Å². The first-order valence-electron chi connectivity index (χ1n) is 12.9. The molecule has 1 fully saturated rings. The Balaban J connectivity index is 1.35. The highest BCUT2D eigenvalue weighted by Gasteiger charge is 2.46. The zero-order chi connectivity index (χ0) is 26.6. The number of aromatic nitrogens is 2. The molecule has 38 heavy (non-hydrogen) atoms. The first-order chi connectivity index (χ1) is 18.4. The van der Waals surface area contributed by atoms with Crippen molar-refractivity contribution in [3.8, 4) is 16.9 Å². The Morgan fingerprint density at radius 1 is 1.00 bits per heavy atom. The maximum atomic E-state index is 13.6. The van der Waals surface area contributed by atoms with Gasteiger partial charge in [-0.25, -0.2) is 9.07 Å². The molecule has 7 heteroatoms. The molecule has 3 aromatic carbocycles. The lowest BCUT2D eigenvalue weighted by Gasteiger charge is -2.24. The molecule has 1 aromatic heterocycles. The maximum Gasteiger partial charge on any atom is 0.245 e. The number of amides is 2. The lowest BCUT2D eigenvalue weighted by atomic mass is 10.1. The van der Waals surface area contributed by atoms with E-state index < -0.39 is 0 Å². The molecule has 0 radical (unpaired) electrons. The summed E-state index contributed by atoms with van der Waals surface area (Å²) in [7, 11) is 0. The Morgan fingerprint density at radius 2 is 1.66 bits per heavy atom. The third kappa shape index (κ3) is 5.83. The fourth-order valence-corrected chi connectivity index (χ4v) is 4.80. The molecule has 1 N–H and O–H groups in total. The number of hydrogen-bond acceptors (Lipinski definition) is 3. The van der Waals surface area contributed by atoms with Crippen molar-refractivity contribution in [1.82, 2.24) is 14.7 Å². The first kappa shape index (κ1) is 25.4. The van der Waals surface area contributed by atoms with Crippen LogP contribution in [0.1, 0.15) is 31.7 Å². The van der Waals surface area contributed by atoms with Gasteiger partial charge in [0, 0.05) is 24.1 Å². The van der Waals surface area contributed by atoms with Crippen LogP contribution in [0.4, 0.5) is 10.2 Å². The van der Waals surface area contributed by atoms with Crippen LogP contribution in [0.5, 0.6) is 0 Å². The highest BCUT2D eigenvalue weighted by molar-refractivity contribution is 5.95. The van der Waals surface area contributed by atoms with Crippen molar-refractivity contribution in [2.45, 2.75) is 26.2 Å². The second-order valence-electron chi connectivity index (χ2n) is 10.2.